The summed E-state index contributed by atoms with van der Waals surface area (Å²) in [6.07, 6.45) is 10.8. The molecule has 0 aliphatic carbocycles. The highest BCUT2D eigenvalue weighted by Gasteiger charge is 2.12. The molecule has 1 unspecified atom stereocenters. The van der Waals surface area contributed by atoms with Gasteiger partial charge in [-0.25, -0.2) is 0 Å². The Kier molecular flexibility index (Phi) is 3.45. The lowest BCUT2D eigenvalue weighted by atomic mass is 10.2. The zero-order chi connectivity index (χ0) is 8.10. The van der Waals surface area contributed by atoms with Crippen LogP contribution in [0.2, 0.25) is 0 Å². The van der Waals surface area contributed by atoms with Crippen LogP contribution in [0.3, 0.4) is 0 Å². The molecule has 1 heterocycles. The second kappa shape index (κ2) is 4.41. The van der Waals surface area contributed by atoms with E-state index in [0.717, 1.165) is 0 Å². The molecule has 1 atom stereocenters. The van der Waals surface area contributed by atoms with Gasteiger partial charge in [-0.1, -0.05) is 18.8 Å². The van der Waals surface area contributed by atoms with Crippen LogP contribution in [-0.4, -0.2) is 24.0 Å². The van der Waals surface area contributed by atoms with Crippen molar-refractivity contribution in [3.8, 4) is 12.3 Å². The van der Waals surface area contributed by atoms with Crippen molar-refractivity contribution in [3.05, 3.63) is 0 Å². The van der Waals surface area contributed by atoms with Crippen molar-refractivity contribution < 1.29 is 0 Å². The van der Waals surface area contributed by atoms with Crippen LogP contribution < -0.4 is 0 Å². The van der Waals surface area contributed by atoms with Gasteiger partial charge in [0.25, 0.3) is 0 Å². The first-order valence-corrected chi connectivity index (χ1v) is 4.55. The van der Waals surface area contributed by atoms with Crippen molar-refractivity contribution in [2.45, 2.75) is 38.6 Å². The van der Waals surface area contributed by atoms with E-state index >= 15 is 0 Å². The number of hydrogen-bond donors (Lipinski definition) is 0. The van der Waals surface area contributed by atoms with Gasteiger partial charge >= 0.3 is 0 Å². The highest BCUT2D eigenvalue weighted by Crippen LogP contribution is 2.11. The number of likely N-dealkylation sites (tertiary alicyclic amines) is 1. The largest absolute Gasteiger partial charge is 0.290 e. The molecule has 11 heavy (non-hydrogen) atoms. The molecule has 0 radical (unpaired) electrons. The maximum absolute atomic E-state index is 5.36. The Hall–Kier alpha value is -0.480. The predicted molar refractivity (Wildman–Crippen MR) is 48.3 cm³/mol. The van der Waals surface area contributed by atoms with Gasteiger partial charge in [-0.3, -0.25) is 4.90 Å². The van der Waals surface area contributed by atoms with Crippen LogP contribution in [0.5, 0.6) is 0 Å². The van der Waals surface area contributed by atoms with Crippen LogP contribution in [0.15, 0.2) is 0 Å². The molecule has 0 amide bonds. The fraction of sp³-hybridized carbons (Fsp3) is 0.800. The summed E-state index contributed by atoms with van der Waals surface area (Å²) in [6, 6.07) is 0.341. The quantitative estimate of drug-likeness (QED) is 0.517. The summed E-state index contributed by atoms with van der Waals surface area (Å²) in [5.41, 5.74) is 0. The molecule has 1 aliphatic heterocycles. The highest BCUT2D eigenvalue weighted by molar-refractivity contribution is 4.97. The van der Waals surface area contributed by atoms with E-state index in [2.05, 4.69) is 17.7 Å². The fourth-order valence-electron chi connectivity index (χ4n) is 1.59. The van der Waals surface area contributed by atoms with Gasteiger partial charge in [0.15, 0.2) is 0 Å². The van der Waals surface area contributed by atoms with E-state index in [1.54, 1.807) is 0 Å². The van der Waals surface area contributed by atoms with Gasteiger partial charge in [-0.2, -0.15) is 0 Å². The summed E-state index contributed by atoms with van der Waals surface area (Å²) in [5, 5.41) is 0. The molecule has 1 aliphatic rings. The van der Waals surface area contributed by atoms with E-state index in [1.807, 2.05) is 0 Å². The van der Waals surface area contributed by atoms with Gasteiger partial charge in [0.1, 0.15) is 0 Å². The maximum Gasteiger partial charge on any atom is 0.0683 e. The van der Waals surface area contributed by atoms with E-state index in [1.165, 1.54) is 38.8 Å². The van der Waals surface area contributed by atoms with Crippen molar-refractivity contribution in [2.24, 2.45) is 0 Å². The second-order valence-electron chi connectivity index (χ2n) is 3.29. The lowest BCUT2D eigenvalue weighted by Crippen LogP contribution is -2.32. The average molecular weight is 151 g/mol. The van der Waals surface area contributed by atoms with Crippen LogP contribution in [0.1, 0.15) is 32.6 Å². The fourth-order valence-corrected chi connectivity index (χ4v) is 1.59. The van der Waals surface area contributed by atoms with Crippen molar-refractivity contribution in [2.75, 3.05) is 13.1 Å². The number of nitrogens with zero attached hydrogens (tertiary/aromatic N) is 1. The Balaban J connectivity index is 2.37. The zero-order valence-electron chi connectivity index (χ0n) is 7.34. The monoisotopic (exact) mass is 151 g/mol. The minimum Gasteiger partial charge on any atom is -0.290 e. The first kappa shape index (κ1) is 8.62. The summed E-state index contributed by atoms with van der Waals surface area (Å²) in [5.74, 6) is 2.79. The Morgan fingerprint density at radius 1 is 1.18 bits per heavy atom. The van der Waals surface area contributed by atoms with Crippen LogP contribution in [0.25, 0.3) is 0 Å². The van der Waals surface area contributed by atoms with Gasteiger partial charge in [0.05, 0.1) is 6.04 Å². The van der Waals surface area contributed by atoms with E-state index in [0.29, 0.717) is 6.04 Å². The molecule has 0 saturated carbocycles. The summed E-state index contributed by atoms with van der Waals surface area (Å²) in [4.78, 5) is 2.41. The van der Waals surface area contributed by atoms with Gasteiger partial charge in [-0.15, -0.1) is 6.42 Å². The molecule has 0 bridgehead atoms. The molecule has 0 spiro atoms. The minimum absolute atomic E-state index is 0.341. The van der Waals surface area contributed by atoms with Crippen molar-refractivity contribution in [3.63, 3.8) is 0 Å². The first-order valence-electron chi connectivity index (χ1n) is 4.55. The Bertz CT molecular complexity index is 137. The molecule has 1 rings (SSSR count). The molecule has 0 aromatic rings. The summed E-state index contributed by atoms with van der Waals surface area (Å²) >= 11 is 0. The predicted octanol–water partition coefficient (Wildman–Crippen LogP) is 1.88. The van der Waals surface area contributed by atoms with Crippen LogP contribution >= 0.6 is 0 Å². The lowest BCUT2D eigenvalue weighted by molar-refractivity contribution is 0.258. The van der Waals surface area contributed by atoms with E-state index in [-0.39, 0.29) is 0 Å². The third kappa shape index (κ3) is 2.55. The molecule has 1 nitrogen and oxygen atoms in total. The van der Waals surface area contributed by atoms with Gasteiger partial charge in [0.2, 0.25) is 0 Å². The zero-order valence-corrected chi connectivity index (χ0v) is 7.34. The van der Waals surface area contributed by atoms with Crippen molar-refractivity contribution in [1.29, 1.82) is 0 Å². The van der Waals surface area contributed by atoms with Crippen LogP contribution in [0, 0.1) is 12.3 Å². The van der Waals surface area contributed by atoms with E-state index in [9.17, 15) is 0 Å². The third-order valence-corrected chi connectivity index (χ3v) is 2.43. The summed E-state index contributed by atoms with van der Waals surface area (Å²) < 4.78 is 0. The highest BCUT2D eigenvalue weighted by atomic mass is 15.1. The minimum atomic E-state index is 0.341. The molecular formula is C10H17N. The van der Waals surface area contributed by atoms with Crippen LogP contribution in [-0.2, 0) is 0 Å². The molecule has 0 N–H and O–H groups in total. The Morgan fingerprint density at radius 2 is 1.73 bits per heavy atom. The van der Waals surface area contributed by atoms with Gasteiger partial charge < -0.3 is 0 Å². The molecule has 1 saturated heterocycles. The number of rotatable bonds is 1. The lowest BCUT2D eigenvalue weighted by Gasteiger charge is -2.22. The number of hydrogen-bond acceptors (Lipinski definition) is 1. The normalized spacial score (nSPS) is 23.6. The molecule has 1 heteroatoms. The standard InChI is InChI=1S/C10H17N/c1-3-10(2)11-8-6-4-5-7-9-11/h1,10H,4-9H2,2H3. The summed E-state index contributed by atoms with van der Waals surface area (Å²) in [7, 11) is 0. The first-order chi connectivity index (χ1) is 5.34. The smallest absolute Gasteiger partial charge is 0.0683 e. The van der Waals surface area contributed by atoms with Gasteiger partial charge in [0, 0.05) is 0 Å². The van der Waals surface area contributed by atoms with E-state index < -0.39 is 0 Å². The third-order valence-electron chi connectivity index (χ3n) is 2.43. The second-order valence-corrected chi connectivity index (χ2v) is 3.29. The average Bonchev–Trinajstić information content (AvgIpc) is 2.30. The summed E-state index contributed by atoms with van der Waals surface area (Å²) in [6.45, 7) is 4.52. The Labute approximate surface area is 69.8 Å². The van der Waals surface area contributed by atoms with Crippen molar-refractivity contribution >= 4 is 0 Å². The topological polar surface area (TPSA) is 3.24 Å². The van der Waals surface area contributed by atoms with Gasteiger partial charge in [-0.05, 0) is 32.9 Å². The molecule has 62 valence electrons. The SMILES string of the molecule is C#CC(C)N1CCCCCC1. The molecule has 0 aromatic heterocycles. The molecule has 1 fully saturated rings. The molecular weight excluding hydrogens is 134 g/mol. The molecule has 0 aromatic carbocycles. The Morgan fingerprint density at radius 3 is 2.18 bits per heavy atom. The maximum atomic E-state index is 5.36. The van der Waals surface area contributed by atoms with Crippen molar-refractivity contribution in [1.82, 2.24) is 4.90 Å². The number of terminal acetylenes is 1. The van der Waals surface area contributed by atoms with E-state index in [4.69, 9.17) is 6.42 Å². The van der Waals surface area contributed by atoms with Crippen LogP contribution in [0.4, 0.5) is 0 Å².